The zero-order chi connectivity index (χ0) is 72.1. The second kappa shape index (κ2) is 70.7. The minimum absolute atomic E-state index is 0.106. The molecule has 0 aliphatic rings. The third kappa shape index (κ3) is 72.4. The molecule has 98 heavy (non-hydrogen) atoms. The molecule has 3 N–H and O–H groups in total. The lowest BCUT2D eigenvalue weighted by Crippen LogP contribution is -2.30. The lowest BCUT2D eigenvalue weighted by atomic mass is 10.0. The van der Waals surface area contributed by atoms with Crippen molar-refractivity contribution in [3.8, 4) is 0 Å². The van der Waals surface area contributed by atoms with Crippen LogP contribution in [0.1, 0.15) is 414 Å². The molecule has 0 aromatic rings. The van der Waals surface area contributed by atoms with Gasteiger partial charge in [0.05, 0.1) is 26.4 Å². The van der Waals surface area contributed by atoms with Gasteiger partial charge in [0.2, 0.25) is 0 Å². The van der Waals surface area contributed by atoms with Gasteiger partial charge in [0.25, 0.3) is 0 Å². The zero-order valence-electron chi connectivity index (χ0n) is 64.1. The van der Waals surface area contributed by atoms with Gasteiger partial charge in [0.15, 0.2) is 12.2 Å². The molecule has 0 amide bonds. The van der Waals surface area contributed by atoms with Gasteiger partial charge in [-0.25, -0.2) is 9.13 Å². The lowest BCUT2D eigenvalue weighted by molar-refractivity contribution is -0.161. The molecule has 0 aliphatic heterocycles. The third-order valence-electron chi connectivity index (χ3n) is 18.5. The minimum Gasteiger partial charge on any atom is -0.462 e. The summed E-state index contributed by atoms with van der Waals surface area (Å²) in [6, 6.07) is 0. The molecule has 0 aromatic carbocycles. The number of hydrogen-bond acceptors (Lipinski definition) is 15. The Balaban J connectivity index is 5.23. The Hall–Kier alpha value is -1.94. The number of phosphoric ester groups is 2. The third-order valence-corrected chi connectivity index (χ3v) is 20.4. The van der Waals surface area contributed by atoms with E-state index in [2.05, 4.69) is 41.5 Å². The fourth-order valence-corrected chi connectivity index (χ4v) is 13.8. The zero-order valence-corrected chi connectivity index (χ0v) is 65.9. The first-order chi connectivity index (χ1) is 47.4. The quantitative estimate of drug-likeness (QED) is 0.0222. The summed E-state index contributed by atoms with van der Waals surface area (Å²) in [5.41, 5.74) is 0. The van der Waals surface area contributed by atoms with E-state index in [1.807, 2.05) is 0 Å². The Bertz CT molecular complexity index is 1890. The minimum atomic E-state index is -4.96. The second-order valence-corrected chi connectivity index (χ2v) is 32.3. The first-order valence-corrected chi connectivity index (χ1v) is 44.0. The lowest BCUT2D eigenvalue weighted by Gasteiger charge is -2.21. The highest BCUT2D eigenvalue weighted by Crippen LogP contribution is 2.45. The molecular weight excluding hydrogens is 1280 g/mol. The molecule has 0 radical (unpaired) electrons. The van der Waals surface area contributed by atoms with E-state index < -0.39 is 97.5 Å². The summed E-state index contributed by atoms with van der Waals surface area (Å²) in [6.45, 7) is 9.60. The Kier molecular flexibility index (Phi) is 69.3. The Morgan fingerprint density at radius 3 is 0.694 bits per heavy atom. The number of aliphatic hydroxyl groups is 1. The molecule has 0 aromatic heterocycles. The first kappa shape index (κ1) is 96.1. The number of rotatable bonds is 78. The van der Waals surface area contributed by atoms with E-state index in [1.165, 1.54) is 231 Å². The summed E-state index contributed by atoms with van der Waals surface area (Å²) >= 11 is 0. The van der Waals surface area contributed by atoms with Gasteiger partial charge in [0, 0.05) is 25.7 Å². The second-order valence-electron chi connectivity index (χ2n) is 29.4. The number of phosphoric acid groups is 2. The Morgan fingerprint density at radius 1 is 0.276 bits per heavy atom. The molecule has 2 unspecified atom stereocenters. The topological polar surface area (TPSA) is 237 Å². The summed E-state index contributed by atoms with van der Waals surface area (Å²) in [6.07, 6.45) is 59.7. The van der Waals surface area contributed by atoms with E-state index in [9.17, 15) is 43.2 Å². The van der Waals surface area contributed by atoms with Crippen molar-refractivity contribution in [1.82, 2.24) is 0 Å². The predicted octanol–water partition coefficient (Wildman–Crippen LogP) is 23.5. The van der Waals surface area contributed by atoms with Crippen LogP contribution in [-0.4, -0.2) is 96.7 Å². The van der Waals surface area contributed by atoms with Crippen molar-refractivity contribution in [2.24, 2.45) is 11.8 Å². The van der Waals surface area contributed by atoms with Crippen molar-refractivity contribution >= 4 is 39.5 Å². The van der Waals surface area contributed by atoms with Crippen molar-refractivity contribution in [2.75, 3.05) is 39.6 Å². The highest BCUT2D eigenvalue weighted by Gasteiger charge is 2.30. The number of ether oxygens (including phenoxy) is 4. The Labute approximate surface area is 600 Å². The predicted molar refractivity (Wildman–Crippen MR) is 400 cm³/mol. The van der Waals surface area contributed by atoms with E-state index in [0.29, 0.717) is 25.7 Å². The molecule has 0 saturated heterocycles. The van der Waals surface area contributed by atoms with Gasteiger partial charge < -0.3 is 33.8 Å². The smallest absolute Gasteiger partial charge is 0.462 e. The maximum atomic E-state index is 13.1. The average molecular weight is 1440 g/mol. The van der Waals surface area contributed by atoms with E-state index in [0.717, 1.165) is 102 Å². The van der Waals surface area contributed by atoms with Crippen molar-refractivity contribution in [2.45, 2.75) is 432 Å². The first-order valence-electron chi connectivity index (χ1n) is 41.0. The number of hydrogen-bond donors (Lipinski definition) is 3. The van der Waals surface area contributed by atoms with Crippen LogP contribution in [-0.2, 0) is 65.4 Å². The molecule has 0 rings (SSSR count). The molecule has 0 saturated carbocycles. The largest absolute Gasteiger partial charge is 0.472 e. The van der Waals surface area contributed by atoms with Gasteiger partial charge in [-0.3, -0.25) is 37.3 Å². The van der Waals surface area contributed by atoms with Crippen LogP contribution in [0, 0.1) is 11.8 Å². The van der Waals surface area contributed by atoms with Crippen LogP contribution in [0.25, 0.3) is 0 Å². The van der Waals surface area contributed by atoms with Gasteiger partial charge in [0.1, 0.15) is 19.3 Å². The van der Waals surface area contributed by atoms with Crippen LogP contribution < -0.4 is 0 Å². The summed E-state index contributed by atoms with van der Waals surface area (Å²) in [7, 11) is -9.92. The van der Waals surface area contributed by atoms with Crippen LogP contribution in [0.4, 0.5) is 0 Å². The van der Waals surface area contributed by atoms with Gasteiger partial charge >= 0.3 is 39.5 Å². The molecule has 17 nitrogen and oxygen atoms in total. The maximum Gasteiger partial charge on any atom is 0.472 e. The molecule has 0 bridgehead atoms. The number of esters is 4. The van der Waals surface area contributed by atoms with Crippen LogP contribution in [0.2, 0.25) is 0 Å². The molecular formula is C79H154O17P2. The number of carbonyl (C=O) groups is 4. The number of unbranched alkanes of at least 4 members (excludes halogenated alkanes) is 48. The maximum absolute atomic E-state index is 13.1. The molecule has 0 aliphatic carbocycles. The highest BCUT2D eigenvalue weighted by atomic mass is 31.2. The molecule has 0 heterocycles. The van der Waals surface area contributed by atoms with E-state index in [-0.39, 0.29) is 25.7 Å². The fourth-order valence-electron chi connectivity index (χ4n) is 12.2. The van der Waals surface area contributed by atoms with Crippen molar-refractivity contribution in [1.29, 1.82) is 0 Å². The van der Waals surface area contributed by atoms with Gasteiger partial charge in [-0.1, -0.05) is 363 Å². The van der Waals surface area contributed by atoms with E-state index >= 15 is 0 Å². The Morgan fingerprint density at radius 2 is 0.469 bits per heavy atom. The standard InChI is InChI=1S/C79H154O17P2/c1-7-9-11-13-15-17-19-21-22-23-24-25-26-27-28-32-39-45-51-57-63-78(83)95-74(67-90-77(82)62-56-50-44-38-33-29-30-35-41-47-53-59-71(3)4)69-93-97(85,86)91-65-73(80)66-92-98(87,88)94-70-75(96-79(84)64-58-52-46-40-34-36-42-48-54-60-72(5)6)68-89-76(81)61-55-49-43-37-31-20-18-16-14-12-10-8-2/h71-75,80H,7-70H2,1-6H3,(H,85,86)(H,87,88)/t73-,74-,75-/m1/s1. The fraction of sp³-hybridized carbons (Fsp3) is 0.949. The van der Waals surface area contributed by atoms with Gasteiger partial charge in [-0.15, -0.1) is 0 Å². The molecule has 0 fully saturated rings. The van der Waals surface area contributed by atoms with Gasteiger partial charge in [-0.2, -0.15) is 0 Å². The summed E-state index contributed by atoms with van der Waals surface area (Å²) in [5, 5.41) is 10.6. The van der Waals surface area contributed by atoms with Crippen molar-refractivity contribution in [3.63, 3.8) is 0 Å². The summed E-state index contributed by atoms with van der Waals surface area (Å²) in [5.74, 6) is -0.604. The van der Waals surface area contributed by atoms with Crippen molar-refractivity contribution < 1.29 is 80.2 Å². The normalized spacial score (nSPS) is 13.9. The summed E-state index contributed by atoms with van der Waals surface area (Å²) < 4.78 is 68.6. The SMILES string of the molecule is CCCCCCCCCCCCCCCCCCCCCCC(=O)O[C@H](COC(=O)CCCCCCCCCCCCCC(C)C)COP(=O)(O)OC[C@@H](O)COP(=O)(O)OC[C@@H](COC(=O)CCCCCCCCCCCCCC)OC(=O)CCCCCCCCCCCC(C)C. The van der Waals surface area contributed by atoms with Crippen molar-refractivity contribution in [3.05, 3.63) is 0 Å². The van der Waals surface area contributed by atoms with Gasteiger partial charge in [-0.05, 0) is 37.5 Å². The average Bonchev–Trinajstić information content (AvgIpc) is 1.28. The van der Waals surface area contributed by atoms with Crippen LogP contribution >= 0.6 is 15.6 Å². The van der Waals surface area contributed by atoms with Crippen LogP contribution in [0.5, 0.6) is 0 Å². The monoisotopic (exact) mass is 1440 g/mol. The molecule has 582 valence electrons. The summed E-state index contributed by atoms with van der Waals surface area (Å²) in [4.78, 5) is 72.9. The van der Waals surface area contributed by atoms with Crippen LogP contribution in [0.3, 0.4) is 0 Å². The number of aliphatic hydroxyl groups excluding tert-OH is 1. The highest BCUT2D eigenvalue weighted by molar-refractivity contribution is 7.47. The number of carbonyl (C=O) groups excluding carboxylic acids is 4. The molecule has 0 spiro atoms. The molecule has 5 atom stereocenters. The van der Waals surface area contributed by atoms with E-state index in [1.54, 1.807) is 0 Å². The van der Waals surface area contributed by atoms with Crippen LogP contribution in [0.15, 0.2) is 0 Å². The molecule has 19 heteroatoms. The van der Waals surface area contributed by atoms with E-state index in [4.69, 9.17) is 37.0 Å².